The van der Waals surface area contributed by atoms with E-state index in [1.54, 1.807) is 28.8 Å². The van der Waals surface area contributed by atoms with Gasteiger partial charge in [0.05, 0.1) is 40.7 Å². The molecule has 1 aromatic heterocycles. The number of esters is 1. The van der Waals surface area contributed by atoms with Crippen molar-refractivity contribution in [1.82, 2.24) is 14.7 Å². The highest BCUT2D eigenvalue weighted by Gasteiger charge is 2.31. The third-order valence-electron chi connectivity index (χ3n) is 4.84. The van der Waals surface area contributed by atoms with Gasteiger partial charge in [-0.2, -0.15) is 5.10 Å². The maximum absolute atomic E-state index is 13.1. The highest BCUT2D eigenvalue weighted by Crippen LogP contribution is 2.25. The smallest absolute Gasteiger partial charge is 0.310 e. The van der Waals surface area contributed by atoms with E-state index in [1.165, 1.54) is 0 Å². The van der Waals surface area contributed by atoms with E-state index in [4.69, 9.17) is 16.3 Å². The van der Waals surface area contributed by atoms with Gasteiger partial charge in [0.1, 0.15) is 0 Å². The molecule has 0 radical (unpaired) electrons. The predicted molar refractivity (Wildman–Crippen MR) is 103 cm³/mol. The summed E-state index contributed by atoms with van der Waals surface area (Å²) in [5, 5.41) is 4.99. The van der Waals surface area contributed by atoms with Gasteiger partial charge in [-0.25, -0.2) is 4.68 Å². The van der Waals surface area contributed by atoms with Crippen LogP contribution >= 0.6 is 11.6 Å². The molecule has 1 aromatic carbocycles. The fraction of sp³-hybridized carbons (Fsp3) is 0.450. The molecule has 7 heteroatoms. The molecule has 2 aromatic rings. The quantitative estimate of drug-likeness (QED) is 0.734. The van der Waals surface area contributed by atoms with E-state index < -0.39 is 0 Å². The standard InChI is InChI=1S/C20H24ClN3O3/c1-3-17-15(12-22-24(17)18-10-6-5-9-16(18)21)19(25)23-11-7-8-14(13-23)20(26)27-4-2/h5-6,9-10,12,14H,3-4,7-8,11,13H2,1-2H3/t14-/m0/s1. The summed E-state index contributed by atoms with van der Waals surface area (Å²) in [6.45, 7) is 5.15. The first-order valence-corrected chi connectivity index (χ1v) is 9.72. The van der Waals surface area contributed by atoms with Crippen molar-refractivity contribution < 1.29 is 14.3 Å². The molecule has 1 atom stereocenters. The van der Waals surface area contributed by atoms with Crippen molar-refractivity contribution in [2.45, 2.75) is 33.1 Å². The van der Waals surface area contributed by atoms with Crippen LogP contribution in [0.25, 0.3) is 5.69 Å². The van der Waals surface area contributed by atoms with Gasteiger partial charge in [-0.3, -0.25) is 9.59 Å². The van der Waals surface area contributed by atoms with Crippen LogP contribution < -0.4 is 0 Å². The summed E-state index contributed by atoms with van der Waals surface area (Å²) in [4.78, 5) is 26.9. The van der Waals surface area contributed by atoms with Crippen molar-refractivity contribution >= 4 is 23.5 Å². The monoisotopic (exact) mass is 389 g/mol. The number of rotatable bonds is 5. The number of hydrogen-bond acceptors (Lipinski definition) is 4. The van der Waals surface area contributed by atoms with Crippen molar-refractivity contribution in [3.63, 3.8) is 0 Å². The van der Waals surface area contributed by atoms with E-state index in [0.29, 0.717) is 36.7 Å². The Morgan fingerprint density at radius 1 is 1.30 bits per heavy atom. The molecule has 1 aliphatic rings. The van der Waals surface area contributed by atoms with Crippen molar-refractivity contribution in [2.24, 2.45) is 5.92 Å². The van der Waals surface area contributed by atoms with Crippen molar-refractivity contribution in [1.29, 1.82) is 0 Å². The second kappa shape index (κ2) is 8.57. The lowest BCUT2D eigenvalue weighted by atomic mass is 9.97. The van der Waals surface area contributed by atoms with Gasteiger partial charge in [0.25, 0.3) is 5.91 Å². The Morgan fingerprint density at radius 3 is 2.78 bits per heavy atom. The van der Waals surface area contributed by atoms with Crippen LogP contribution in [0.15, 0.2) is 30.5 Å². The van der Waals surface area contributed by atoms with Crippen LogP contribution in [0.1, 0.15) is 42.7 Å². The van der Waals surface area contributed by atoms with E-state index in [-0.39, 0.29) is 17.8 Å². The number of aromatic nitrogens is 2. The Labute approximate surface area is 164 Å². The third-order valence-corrected chi connectivity index (χ3v) is 5.16. The van der Waals surface area contributed by atoms with Crippen LogP contribution in [0.5, 0.6) is 0 Å². The minimum Gasteiger partial charge on any atom is -0.466 e. The van der Waals surface area contributed by atoms with Gasteiger partial charge < -0.3 is 9.64 Å². The Kier molecular flexibility index (Phi) is 6.16. The summed E-state index contributed by atoms with van der Waals surface area (Å²) in [5.74, 6) is -0.581. The van der Waals surface area contributed by atoms with Crippen molar-refractivity contribution in [3.05, 3.63) is 46.7 Å². The normalized spacial score (nSPS) is 17.0. The molecule has 1 saturated heterocycles. The first-order chi connectivity index (χ1) is 13.1. The molecule has 0 bridgehead atoms. The number of nitrogens with zero attached hydrogens (tertiary/aromatic N) is 3. The van der Waals surface area contributed by atoms with E-state index >= 15 is 0 Å². The molecule has 27 heavy (non-hydrogen) atoms. The van der Waals surface area contributed by atoms with Crippen LogP contribution in [-0.2, 0) is 16.0 Å². The van der Waals surface area contributed by atoms with Gasteiger partial charge in [0, 0.05) is 13.1 Å². The average molecular weight is 390 g/mol. The minimum atomic E-state index is -0.258. The molecule has 144 valence electrons. The number of benzene rings is 1. The summed E-state index contributed by atoms with van der Waals surface area (Å²) in [7, 11) is 0. The number of amides is 1. The number of ether oxygens (including phenoxy) is 1. The Hall–Kier alpha value is -2.34. The molecule has 0 unspecified atom stereocenters. The average Bonchev–Trinajstić information content (AvgIpc) is 3.11. The van der Waals surface area contributed by atoms with Gasteiger partial charge in [0.15, 0.2) is 0 Å². The molecule has 1 aliphatic heterocycles. The topological polar surface area (TPSA) is 64.4 Å². The van der Waals surface area contributed by atoms with E-state index in [1.807, 2.05) is 25.1 Å². The summed E-state index contributed by atoms with van der Waals surface area (Å²) >= 11 is 6.30. The zero-order valence-electron chi connectivity index (χ0n) is 15.7. The van der Waals surface area contributed by atoms with Crippen LogP contribution in [0.3, 0.4) is 0 Å². The lowest BCUT2D eigenvalue weighted by Gasteiger charge is -2.31. The number of halogens is 1. The predicted octanol–water partition coefficient (Wildman–Crippen LogP) is 3.50. The number of carbonyl (C=O) groups excluding carboxylic acids is 2. The zero-order chi connectivity index (χ0) is 19.4. The number of hydrogen-bond donors (Lipinski definition) is 0. The summed E-state index contributed by atoms with van der Waals surface area (Å²) in [6.07, 6.45) is 3.78. The highest BCUT2D eigenvalue weighted by atomic mass is 35.5. The molecular weight excluding hydrogens is 366 g/mol. The minimum absolute atomic E-state index is 0.0980. The zero-order valence-corrected chi connectivity index (χ0v) is 16.4. The van der Waals surface area contributed by atoms with Crippen LogP contribution in [0.4, 0.5) is 0 Å². The van der Waals surface area contributed by atoms with Gasteiger partial charge in [0.2, 0.25) is 0 Å². The molecular formula is C20H24ClN3O3. The number of carbonyl (C=O) groups is 2. The second-order valence-electron chi connectivity index (χ2n) is 6.56. The fourth-order valence-corrected chi connectivity index (χ4v) is 3.72. The molecule has 0 spiro atoms. The largest absolute Gasteiger partial charge is 0.466 e. The first kappa shape index (κ1) is 19.4. The van der Waals surface area contributed by atoms with Crippen LogP contribution in [0, 0.1) is 5.92 Å². The lowest BCUT2D eigenvalue weighted by Crippen LogP contribution is -2.43. The maximum Gasteiger partial charge on any atom is 0.310 e. The third kappa shape index (κ3) is 4.00. The van der Waals surface area contributed by atoms with Crippen LogP contribution in [0.2, 0.25) is 5.02 Å². The van der Waals surface area contributed by atoms with Crippen molar-refractivity contribution in [2.75, 3.05) is 19.7 Å². The summed E-state index contributed by atoms with van der Waals surface area (Å²) < 4.78 is 6.85. The second-order valence-corrected chi connectivity index (χ2v) is 6.97. The molecule has 2 heterocycles. The SMILES string of the molecule is CCOC(=O)[C@H]1CCCN(C(=O)c2cnn(-c3ccccc3Cl)c2CC)C1. The molecule has 1 fully saturated rings. The Balaban J connectivity index is 1.85. The number of likely N-dealkylation sites (tertiary alicyclic amines) is 1. The Morgan fingerprint density at radius 2 is 2.07 bits per heavy atom. The Bertz CT molecular complexity index is 834. The number of piperidine rings is 1. The maximum atomic E-state index is 13.1. The van der Waals surface area contributed by atoms with Gasteiger partial charge in [-0.15, -0.1) is 0 Å². The first-order valence-electron chi connectivity index (χ1n) is 9.34. The van der Waals surface area contributed by atoms with E-state index in [0.717, 1.165) is 24.2 Å². The summed E-state index contributed by atoms with van der Waals surface area (Å²) in [6, 6.07) is 7.42. The summed E-state index contributed by atoms with van der Waals surface area (Å²) in [5.41, 5.74) is 2.12. The highest BCUT2D eigenvalue weighted by molar-refractivity contribution is 6.32. The van der Waals surface area contributed by atoms with Gasteiger partial charge in [-0.1, -0.05) is 30.7 Å². The molecule has 1 amide bonds. The molecule has 0 N–H and O–H groups in total. The van der Waals surface area contributed by atoms with E-state index in [2.05, 4.69) is 5.10 Å². The lowest BCUT2D eigenvalue weighted by molar-refractivity contribution is -0.149. The van der Waals surface area contributed by atoms with Crippen LogP contribution in [-0.4, -0.2) is 46.3 Å². The van der Waals surface area contributed by atoms with Gasteiger partial charge in [-0.05, 0) is 38.3 Å². The van der Waals surface area contributed by atoms with E-state index in [9.17, 15) is 9.59 Å². The molecule has 3 rings (SSSR count). The molecule has 6 nitrogen and oxygen atoms in total. The molecule has 0 aliphatic carbocycles. The van der Waals surface area contributed by atoms with Crippen molar-refractivity contribution in [3.8, 4) is 5.69 Å². The van der Waals surface area contributed by atoms with Gasteiger partial charge >= 0.3 is 5.97 Å². The number of para-hydroxylation sites is 1. The molecule has 0 saturated carbocycles. The fourth-order valence-electron chi connectivity index (χ4n) is 3.51.